The number of aromatic nitrogens is 2. The Hall–Kier alpha value is -3.46. The summed E-state index contributed by atoms with van der Waals surface area (Å²) in [5.74, 6) is -1.00. The van der Waals surface area contributed by atoms with Crippen LogP contribution < -0.4 is 9.62 Å². The van der Waals surface area contributed by atoms with Gasteiger partial charge >= 0.3 is 0 Å². The first-order valence-corrected chi connectivity index (χ1v) is 9.78. The minimum Gasteiger partial charge on any atom is -0.310 e. The van der Waals surface area contributed by atoms with Gasteiger partial charge in [0.1, 0.15) is 5.69 Å². The van der Waals surface area contributed by atoms with Gasteiger partial charge in [-0.25, -0.2) is 13.1 Å². The summed E-state index contributed by atoms with van der Waals surface area (Å²) in [6.45, 7) is 1.12. The zero-order chi connectivity index (χ0) is 20.3. The summed E-state index contributed by atoms with van der Waals surface area (Å²) in [5, 5.41) is 6.89. The smallest absolute Gasteiger partial charge is 0.276 e. The van der Waals surface area contributed by atoms with Crippen LogP contribution in [-0.2, 0) is 14.8 Å². The number of hydrogen-bond acceptors (Lipinski definition) is 5. The number of nitrogens with zero attached hydrogens (tertiary/aromatic N) is 2. The van der Waals surface area contributed by atoms with Crippen LogP contribution in [0.5, 0.6) is 0 Å². The molecule has 0 saturated heterocycles. The Bertz CT molecular complexity index is 1110. The number of H-pyrrole nitrogens is 1. The molecule has 2 amide bonds. The second-order valence-corrected chi connectivity index (χ2v) is 7.74. The molecule has 1 heterocycles. The fourth-order valence-corrected chi connectivity index (χ4v) is 3.57. The van der Waals surface area contributed by atoms with E-state index in [1.165, 1.54) is 29.2 Å². The first kappa shape index (κ1) is 19.3. The molecule has 144 valence electrons. The van der Waals surface area contributed by atoms with Crippen LogP contribution in [0.2, 0.25) is 0 Å². The normalized spacial score (nSPS) is 11.1. The predicted molar refractivity (Wildman–Crippen MR) is 104 cm³/mol. The van der Waals surface area contributed by atoms with Gasteiger partial charge in [0, 0.05) is 25.2 Å². The number of sulfonamides is 1. The summed E-state index contributed by atoms with van der Waals surface area (Å²) in [5.41, 5.74) is 2.32. The Labute approximate surface area is 162 Å². The zero-order valence-electron chi connectivity index (χ0n) is 15.2. The van der Waals surface area contributed by atoms with Crippen LogP contribution in [0, 0.1) is 0 Å². The minimum absolute atomic E-state index is 0.0693. The molecule has 0 fully saturated rings. The highest BCUT2D eigenvalue weighted by Gasteiger charge is 2.19. The van der Waals surface area contributed by atoms with Gasteiger partial charge in [-0.1, -0.05) is 30.3 Å². The largest absolute Gasteiger partial charge is 0.310 e. The molecular formula is C19H18N4O4S. The van der Waals surface area contributed by atoms with Gasteiger partial charge in [0.05, 0.1) is 10.6 Å². The van der Waals surface area contributed by atoms with Crippen LogP contribution in [0.4, 0.5) is 5.69 Å². The van der Waals surface area contributed by atoms with E-state index in [4.69, 9.17) is 0 Å². The molecule has 0 spiro atoms. The number of carbonyl (C=O) groups excluding carboxylic acids is 2. The van der Waals surface area contributed by atoms with Crippen molar-refractivity contribution in [2.24, 2.45) is 0 Å². The van der Waals surface area contributed by atoms with Gasteiger partial charge in [0.2, 0.25) is 5.91 Å². The summed E-state index contributed by atoms with van der Waals surface area (Å²) in [7, 11) is -2.35. The maximum absolute atomic E-state index is 12.7. The van der Waals surface area contributed by atoms with E-state index in [9.17, 15) is 18.0 Å². The Morgan fingerprint density at radius 3 is 2.29 bits per heavy atom. The highest BCUT2D eigenvalue weighted by Crippen LogP contribution is 2.21. The van der Waals surface area contributed by atoms with Gasteiger partial charge in [-0.3, -0.25) is 14.7 Å². The quantitative estimate of drug-likeness (QED) is 0.684. The second-order valence-electron chi connectivity index (χ2n) is 6.05. The lowest BCUT2D eigenvalue weighted by atomic mass is 10.1. The Morgan fingerprint density at radius 2 is 1.68 bits per heavy atom. The summed E-state index contributed by atoms with van der Waals surface area (Å²) in [6, 6.07) is 16.7. The van der Waals surface area contributed by atoms with E-state index in [0.717, 1.165) is 12.5 Å². The SMILES string of the molecule is CC(=O)NS(=O)(=O)c1ccc(N(C)C(=O)c2cc(-c3ccccc3)n[nH]2)cc1. The van der Waals surface area contributed by atoms with E-state index in [1.54, 1.807) is 13.1 Å². The number of anilines is 1. The van der Waals surface area contributed by atoms with E-state index >= 15 is 0 Å². The third-order valence-electron chi connectivity index (χ3n) is 3.99. The molecule has 0 aliphatic rings. The molecule has 1 aromatic heterocycles. The fourth-order valence-electron chi connectivity index (χ4n) is 2.58. The van der Waals surface area contributed by atoms with Crippen molar-refractivity contribution in [2.45, 2.75) is 11.8 Å². The summed E-state index contributed by atoms with van der Waals surface area (Å²) >= 11 is 0. The molecule has 0 atom stereocenters. The topological polar surface area (TPSA) is 112 Å². The van der Waals surface area contributed by atoms with Gasteiger partial charge < -0.3 is 4.90 Å². The molecule has 0 unspecified atom stereocenters. The lowest BCUT2D eigenvalue weighted by Crippen LogP contribution is -2.28. The molecule has 0 radical (unpaired) electrons. The van der Waals surface area contributed by atoms with Gasteiger partial charge in [0.15, 0.2) is 0 Å². The van der Waals surface area contributed by atoms with Crippen molar-refractivity contribution in [1.82, 2.24) is 14.9 Å². The zero-order valence-corrected chi connectivity index (χ0v) is 16.0. The molecule has 0 aliphatic heterocycles. The Kier molecular flexibility index (Phi) is 5.27. The molecule has 3 rings (SSSR count). The van der Waals surface area contributed by atoms with Crippen LogP contribution >= 0.6 is 0 Å². The second kappa shape index (κ2) is 7.65. The molecule has 9 heteroatoms. The van der Waals surface area contributed by atoms with Gasteiger partial charge in [-0.2, -0.15) is 5.10 Å². The molecule has 2 N–H and O–H groups in total. The molecule has 0 aliphatic carbocycles. The predicted octanol–water partition coefficient (Wildman–Crippen LogP) is 2.18. The van der Waals surface area contributed by atoms with Gasteiger partial charge in [-0.15, -0.1) is 0 Å². The van der Waals surface area contributed by atoms with E-state index in [1.807, 2.05) is 35.1 Å². The molecule has 0 saturated carbocycles. The number of rotatable bonds is 5. The van der Waals surface area contributed by atoms with Gasteiger partial charge in [-0.05, 0) is 30.3 Å². The molecule has 28 heavy (non-hydrogen) atoms. The fraction of sp³-hybridized carbons (Fsp3) is 0.105. The van der Waals surface area contributed by atoms with E-state index in [0.29, 0.717) is 17.1 Å². The standard InChI is InChI=1S/C19H18N4O4S/c1-13(24)22-28(26,27)16-10-8-15(9-11-16)23(2)19(25)18-12-17(20-21-18)14-6-4-3-5-7-14/h3-12H,1-2H3,(H,20,21)(H,22,24). The lowest BCUT2D eigenvalue weighted by Gasteiger charge is -2.16. The number of benzene rings is 2. The summed E-state index contributed by atoms with van der Waals surface area (Å²) < 4.78 is 25.9. The highest BCUT2D eigenvalue weighted by molar-refractivity contribution is 7.90. The summed E-state index contributed by atoms with van der Waals surface area (Å²) in [6.07, 6.45) is 0. The number of aromatic amines is 1. The average Bonchev–Trinajstić information content (AvgIpc) is 3.17. The minimum atomic E-state index is -3.92. The van der Waals surface area contributed by atoms with Crippen molar-refractivity contribution in [3.8, 4) is 11.3 Å². The first-order chi connectivity index (χ1) is 13.3. The van der Waals surface area contributed by atoms with Crippen molar-refractivity contribution >= 4 is 27.5 Å². The number of amides is 2. The summed E-state index contributed by atoms with van der Waals surface area (Å²) in [4.78, 5) is 25.0. The number of nitrogens with one attached hydrogen (secondary N) is 2. The average molecular weight is 398 g/mol. The van der Waals surface area contributed by atoms with Crippen LogP contribution in [0.15, 0.2) is 65.6 Å². The van der Waals surface area contributed by atoms with Crippen LogP contribution in [0.25, 0.3) is 11.3 Å². The number of hydrogen-bond donors (Lipinski definition) is 2. The van der Waals surface area contributed by atoms with Crippen LogP contribution in [0.1, 0.15) is 17.4 Å². The maximum Gasteiger partial charge on any atom is 0.276 e. The van der Waals surface area contributed by atoms with Crippen molar-refractivity contribution in [3.05, 3.63) is 66.4 Å². The van der Waals surface area contributed by atoms with E-state index in [-0.39, 0.29) is 10.8 Å². The molecule has 8 nitrogen and oxygen atoms in total. The van der Waals surface area contributed by atoms with Crippen molar-refractivity contribution in [1.29, 1.82) is 0 Å². The van der Waals surface area contributed by atoms with Crippen LogP contribution in [-0.4, -0.2) is 37.5 Å². The van der Waals surface area contributed by atoms with Crippen molar-refractivity contribution in [3.63, 3.8) is 0 Å². The molecule has 2 aromatic carbocycles. The highest BCUT2D eigenvalue weighted by atomic mass is 32.2. The third kappa shape index (κ3) is 4.09. The molecule has 0 bridgehead atoms. The molecule has 3 aromatic rings. The molecular weight excluding hydrogens is 380 g/mol. The van der Waals surface area contributed by atoms with E-state index in [2.05, 4.69) is 10.2 Å². The van der Waals surface area contributed by atoms with Crippen LogP contribution in [0.3, 0.4) is 0 Å². The Morgan fingerprint density at radius 1 is 1.04 bits per heavy atom. The van der Waals surface area contributed by atoms with E-state index < -0.39 is 15.9 Å². The first-order valence-electron chi connectivity index (χ1n) is 8.30. The number of carbonyl (C=O) groups is 2. The van der Waals surface area contributed by atoms with Crippen molar-refractivity contribution in [2.75, 3.05) is 11.9 Å². The monoisotopic (exact) mass is 398 g/mol. The Balaban J connectivity index is 1.79. The third-order valence-corrected chi connectivity index (χ3v) is 5.44. The lowest BCUT2D eigenvalue weighted by molar-refractivity contribution is -0.117. The maximum atomic E-state index is 12.7. The van der Waals surface area contributed by atoms with Crippen molar-refractivity contribution < 1.29 is 18.0 Å². The van der Waals surface area contributed by atoms with Gasteiger partial charge in [0.25, 0.3) is 15.9 Å².